The van der Waals surface area contributed by atoms with Gasteiger partial charge >= 0.3 is 39.5 Å². The number of hydrogen-bond donors (Lipinski definition) is 3. The average Bonchev–Trinajstić information content (AvgIpc) is 2.39. The van der Waals surface area contributed by atoms with E-state index in [-0.39, 0.29) is 25.7 Å². The third-order valence-corrected chi connectivity index (χ3v) is 19.4. The van der Waals surface area contributed by atoms with E-state index in [9.17, 15) is 43.2 Å². The van der Waals surface area contributed by atoms with Crippen LogP contribution < -0.4 is 0 Å². The van der Waals surface area contributed by atoms with Crippen molar-refractivity contribution >= 4 is 39.5 Å². The molecule has 4 unspecified atom stereocenters. The molecule has 0 amide bonds. The van der Waals surface area contributed by atoms with Gasteiger partial charge in [0, 0.05) is 25.7 Å². The van der Waals surface area contributed by atoms with Crippen molar-refractivity contribution in [2.45, 2.75) is 382 Å². The summed E-state index contributed by atoms with van der Waals surface area (Å²) in [6.07, 6.45) is 45.9. The van der Waals surface area contributed by atoms with E-state index in [2.05, 4.69) is 55.4 Å². The fraction of sp³-hybridized carbons (Fsp3) is 0.945. The standard InChI is InChI=1S/C73H142O17P2/c1-9-65(7)51-43-35-27-21-18-19-22-28-37-45-53-70(75)83-59-68(90-73(78)56-48-40-30-24-26-34-42-50-64(5)6)61-87-91(79,80)85-57-67(74)58-86-92(81,82)88-62-69(60-84-71(76)54-46-38-32-31-36-44-52-66(8)10-2)89-72(77)55-47-39-29-23-17-15-13-11-12-14-16-20-25-33-41-49-63(3)4/h63-69,74H,9-62H2,1-8H3,(H,79,80)(H,81,82)/t65?,66?,67-,68-,69-/m1/s1. The molecule has 0 fully saturated rings. The van der Waals surface area contributed by atoms with Crippen LogP contribution in [0.4, 0.5) is 0 Å². The predicted octanol–water partition coefficient (Wildman–Crippen LogP) is 20.9. The molecule has 17 nitrogen and oxygen atoms in total. The number of carbonyl (C=O) groups is 4. The summed E-state index contributed by atoms with van der Waals surface area (Å²) in [4.78, 5) is 72.6. The number of ether oxygens (including phenoxy) is 4. The largest absolute Gasteiger partial charge is 0.472 e. The monoisotopic (exact) mass is 1350 g/mol. The zero-order valence-electron chi connectivity index (χ0n) is 60.2. The Morgan fingerprint density at radius 2 is 0.522 bits per heavy atom. The van der Waals surface area contributed by atoms with E-state index in [1.165, 1.54) is 161 Å². The Hall–Kier alpha value is -1.94. The number of aliphatic hydroxyl groups is 1. The zero-order valence-corrected chi connectivity index (χ0v) is 62.0. The maximum absolute atomic E-state index is 13.0. The van der Waals surface area contributed by atoms with E-state index < -0.39 is 97.5 Å². The SMILES string of the molecule is CCC(C)CCCCCCCCCCCCC(=O)OC[C@H](COP(=O)(O)OC[C@@H](O)COP(=O)(O)OC[C@@H](COC(=O)CCCCCCCCC(C)CC)OC(=O)CCCCCCCCCCCCCCCCCC(C)C)OC(=O)CCCCCCCCCC(C)C. The van der Waals surface area contributed by atoms with E-state index in [0.717, 1.165) is 114 Å². The van der Waals surface area contributed by atoms with Crippen LogP contribution in [-0.4, -0.2) is 96.7 Å². The summed E-state index contributed by atoms with van der Waals surface area (Å²) < 4.78 is 68.4. The Bertz CT molecular complexity index is 1820. The molecule has 92 heavy (non-hydrogen) atoms. The summed E-state index contributed by atoms with van der Waals surface area (Å²) in [6.45, 7) is 14.1. The molecule has 0 saturated carbocycles. The van der Waals surface area contributed by atoms with Crippen LogP contribution in [0.5, 0.6) is 0 Å². The molecule has 0 spiro atoms. The summed E-state index contributed by atoms with van der Waals surface area (Å²) in [5, 5.41) is 10.6. The maximum Gasteiger partial charge on any atom is 0.472 e. The van der Waals surface area contributed by atoms with Gasteiger partial charge in [-0.25, -0.2) is 9.13 Å². The molecule has 3 N–H and O–H groups in total. The number of carbonyl (C=O) groups excluding carboxylic acids is 4. The molecule has 0 aromatic carbocycles. The predicted molar refractivity (Wildman–Crippen MR) is 372 cm³/mol. The highest BCUT2D eigenvalue weighted by Crippen LogP contribution is 2.45. The molecule has 546 valence electrons. The maximum atomic E-state index is 13.0. The van der Waals surface area contributed by atoms with E-state index >= 15 is 0 Å². The minimum atomic E-state index is -4.95. The van der Waals surface area contributed by atoms with Gasteiger partial charge in [0.15, 0.2) is 12.2 Å². The van der Waals surface area contributed by atoms with Gasteiger partial charge in [0.1, 0.15) is 19.3 Å². The number of esters is 4. The minimum Gasteiger partial charge on any atom is -0.462 e. The first kappa shape index (κ1) is 90.1. The molecule has 0 bridgehead atoms. The van der Waals surface area contributed by atoms with Gasteiger partial charge in [0.2, 0.25) is 0 Å². The molecule has 0 aliphatic rings. The number of rotatable bonds is 70. The molecule has 0 aliphatic carbocycles. The number of unbranched alkanes of at least 4 members (excludes halogenated alkanes) is 34. The topological polar surface area (TPSA) is 237 Å². The molecule has 0 saturated heterocycles. The van der Waals surface area contributed by atoms with Crippen molar-refractivity contribution in [2.24, 2.45) is 23.7 Å². The van der Waals surface area contributed by atoms with Crippen molar-refractivity contribution < 1.29 is 80.2 Å². The van der Waals surface area contributed by atoms with E-state index in [4.69, 9.17) is 37.0 Å². The Morgan fingerprint density at radius 3 is 0.772 bits per heavy atom. The average molecular weight is 1350 g/mol. The molecule has 0 aromatic heterocycles. The first-order chi connectivity index (χ1) is 44.2. The zero-order chi connectivity index (χ0) is 68.2. The second-order valence-electron chi connectivity index (χ2n) is 27.8. The molecule has 0 rings (SSSR count). The molecular weight excluding hydrogens is 1210 g/mol. The van der Waals surface area contributed by atoms with Crippen LogP contribution in [-0.2, 0) is 65.4 Å². The van der Waals surface area contributed by atoms with Crippen molar-refractivity contribution in [3.63, 3.8) is 0 Å². The van der Waals surface area contributed by atoms with Gasteiger partial charge in [-0.2, -0.15) is 0 Å². The second-order valence-corrected chi connectivity index (χ2v) is 30.7. The first-order valence-electron chi connectivity index (χ1n) is 37.8. The lowest BCUT2D eigenvalue weighted by atomic mass is 9.99. The first-order valence-corrected chi connectivity index (χ1v) is 40.8. The van der Waals surface area contributed by atoms with Crippen LogP contribution >= 0.6 is 15.6 Å². The van der Waals surface area contributed by atoms with E-state index in [1.807, 2.05) is 0 Å². The molecule has 0 aliphatic heterocycles. The number of phosphoric acid groups is 2. The van der Waals surface area contributed by atoms with Crippen molar-refractivity contribution in [1.82, 2.24) is 0 Å². The van der Waals surface area contributed by atoms with Crippen molar-refractivity contribution in [3.8, 4) is 0 Å². The van der Waals surface area contributed by atoms with Crippen molar-refractivity contribution in [1.29, 1.82) is 0 Å². The van der Waals surface area contributed by atoms with Crippen LogP contribution in [0.3, 0.4) is 0 Å². The van der Waals surface area contributed by atoms with Crippen LogP contribution in [0.15, 0.2) is 0 Å². The Morgan fingerprint density at radius 1 is 0.304 bits per heavy atom. The lowest BCUT2D eigenvalue weighted by molar-refractivity contribution is -0.161. The summed E-state index contributed by atoms with van der Waals surface area (Å²) in [5.74, 6) is 0.911. The number of hydrogen-bond acceptors (Lipinski definition) is 15. The van der Waals surface area contributed by atoms with Crippen LogP contribution in [0.1, 0.15) is 364 Å². The quantitative estimate of drug-likeness (QED) is 0.0222. The number of phosphoric ester groups is 2. The Kier molecular flexibility index (Phi) is 61.3. The second kappa shape index (κ2) is 62.6. The van der Waals surface area contributed by atoms with Crippen molar-refractivity contribution in [3.05, 3.63) is 0 Å². The van der Waals surface area contributed by atoms with Gasteiger partial charge in [-0.15, -0.1) is 0 Å². The third-order valence-electron chi connectivity index (χ3n) is 17.5. The molecule has 19 heteroatoms. The summed E-state index contributed by atoms with van der Waals surface area (Å²) >= 11 is 0. The lowest BCUT2D eigenvalue weighted by Crippen LogP contribution is -2.30. The smallest absolute Gasteiger partial charge is 0.462 e. The van der Waals surface area contributed by atoms with Gasteiger partial charge in [-0.1, -0.05) is 312 Å². The minimum absolute atomic E-state index is 0.103. The fourth-order valence-electron chi connectivity index (χ4n) is 11.0. The molecule has 7 atom stereocenters. The lowest BCUT2D eigenvalue weighted by Gasteiger charge is -2.21. The summed E-state index contributed by atoms with van der Waals surface area (Å²) in [5.41, 5.74) is 0. The van der Waals surface area contributed by atoms with E-state index in [0.29, 0.717) is 31.6 Å². The van der Waals surface area contributed by atoms with Crippen LogP contribution in [0, 0.1) is 23.7 Å². The van der Waals surface area contributed by atoms with Gasteiger partial charge in [0.05, 0.1) is 26.4 Å². The molecule has 0 heterocycles. The van der Waals surface area contributed by atoms with Crippen LogP contribution in [0.25, 0.3) is 0 Å². The molecule has 0 aromatic rings. The highest BCUT2D eigenvalue weighted by Gasteiger charge is 2.30. The Balaban J connectivity index is 5.21. The molecular formula is C73H142O17P2. The normalized spacial score (nSPS) is 14.8. The van der Waals surface area contributed by atoms with Gasteiger partial charge in [-0.05, 0) is 49.4 Å². The van der Waals surface area contributed by atoms with E-state index in [1.54, 1.807) is 0 Å². The summed E-state index contributed by atoms with van der Waals surface area (Å²) in [7, 11) is -9.91. The summed E-state index contributed by atoms with van der Waals surface area (Å²) in [6, 6.07) is 0. The van der Waals surface area contributed by atoms with Gasteiger partial charge in [-0.3, -0.25) is 37.3 Å². The fourth-order valence-corrected chi connectivity index (χ4v) is 12.5. The van der Waals surface area contributed by atoms with Gasteiger partial charge < -0.3 is 33.8 Å². The van der Waals surface area contributed by atoms with Gasteiger partial charge in [0.25, 0.3) is 0 Å². The highest BCUT2D eigenvalue weighted by molar-refractivity contribution is 7.47. The Labute approximate surface area is 562 Å². The molecule has 0 radical (unpaired) electrons. The van der Waals surface area contributed by atoms with Crippen LogP contribution in [0.2, 0.25) is 0 Å². The third kappa shape index (κ3) is 64.1. The highest BCUT2D eigenvalue weighted by atomic mass is 31.2. The van der Waals surface area contributed by atoms with Crippen molar-refractivity contribution in [2.75, 3.05) is 39.6 Å². The number of aliphatic hydroxyl groups excluding tert-OH is 1.